The Labute approximate surface area is 215 Å². The molecule has 34 heavy (non-hydrogen) atoms. The van der Waals surface area contributed by atoms with Crippen LogP contribution in [0.1, 0.15) is 37.0 Å². The van der Waals surface area contributed by atoms with Crippen LogP contribution in [0.2, 0.25) is 5.02 Å². The molecule has 2 amide bonds. The summed E-state index contributed by atoms with van der Waals surface area (Å²) in [6.45, 7) is 4.31. The van der Waals surface area contributed by atoms with Gasteiger partial charge in [0.05, 0.1) is 6.42 Å². The largest absolute Gasteiger partial charge is 0.352 e. The standard InChI is InChI=1S/C28H30BrClN2O2/c1-3-20(2)31-28(34)26(17-21-10-5-4-6-11-21)32(19-22-12-9-14-24(29)16-22)27(33)18-23-13-7-8-15-25(23)30/h4-16,20,26H,3,17-19H2,1-2H3,(H,31,34)/t20-,26-/m1/s1. The second-order valence-corrected chi connectivity index (χ2v) is 9.77. The van der Waals surface area contributed by atoms with E-state index in [9.17, 15) is 9.59 Å². The quantitative estimate of drug-likeness (QED) is 0.332. The van der Waals surface area contributed by atoms with E-state index in [-0.39, 0.29) is 24.3 Å². The minimum Gasteiger partial charge on any atom is -0.352 e. The maximum Gasteiger partial charge on any atom is 0.243 e. The second-order valence-electron chi connectivity index (χ2n) is 8.44. The van der Waals surface area contributed by atoms with Gasteiger partial charge in [0.15, 0.2) is 0 Å². The summed E-state index contributed by atoms with van der Waals surface area (Å²) in [5, 5.41) is 3.63. The average Bonchev–Trinajstić information content (AvgIpc) is 2.83. The molecular formula is C28H30BrClN2O2. The summed E-state index contributed by atoms with van der Waals surface area (Å²) < 4.78 is 0.923. The summed E-state index contributed by atoms with van der Waals surface area (Å²) in [5.74, 6) is -0.297. The van der Waals surface area contributed by atoms with Crippen LogP contribution < -0.4 is 5.32 Å². The van der Waals surface area contributed by atoms with E-state index in [0.717, 1.165) is 27.6 Å². The van der Waals surface area contributed by atoms with Crippen LogP contribution in [0.25, 0.3) is 0 Å². The Morgan fingerprint density at radius 2 is 1.65 bits per heavy atom. The molecule has 3 aromatic rings. The highest BCUT2D eigenvalue weighted by molar-refractivity contribution is 9.10. The van der Waals surface area contributed by atoms with Gasteiger partial charge in [-0.05, 0) is 48.2 Å². The number of nitrogens with zero attached hydrogens (tertiary/aromatic N) is 1. The third-order valence-electron chi connectivity index (χ3n) is 5.81. The van der Waals surface area contributed by atoms with E-state index in [0.29, 0.717) is 18.0 Å². The summed E-state index contributed by atoms with van der Waals surface area (Å²) in [6.07, 6.45) is 1.35. The maximum absolute atomic E-state index is 13.7. The van der Waals surface area contributed by atoms with E-state index in [1.54, 1.807) is 11.0 Å². The molecule has 0 bridgehead atoms. The van der Waals surface area contributed by atoms with Crippen LogP contribution in [0.4, 0.5) is 0 Å². The average molecular weight is 542 g/mol. The van der Waals surface area contributed by atoms with Gasteiger partial charge in [0.25, 0.3) is 0 Å². The van der Waals surface area contributed by atoms with Crippen molar-refractivity contribution in [1.29, 1.82) is 0 Å². The van der Waals surface area contributed by atoms with Crippen LogP contribution >= 0.6 is 27.5 Å². The molecule has 0 aliphatic carbocycles. The third-order valence-corrected chi connectivity index (χ3v) is 6.68. The fourth-order valence-electron chi connectivity index (χ4n) is 3.73. The van der Waals surface area contributed by atoms with Crippen LogP contribution in [-0.4, -0.2) is 28.8 Å². The van der Waals surface area contributed by atoms with E-state index in [2.05, 4.69) is 21.2 Å². The van der Waals surface area contributed by atoms with Gasteiger partial charge in [-0.1, -0.05) is 95.1 Å². The van der Waals surface area contributed by atoms with Gasteiger partial charge in [-0.3, -0.25) is 9.59 Å². The summed E-state index contributed by atoms with van der Waals surface area (Å²) in [4.78, 5) is 28.9. The number of benzene rings is 3. The van der Waals surface area contributed by atoms with Gasteiger partial charge in [-0.2, -0.15) is 0 Å². The molecule has 0 aromatic heterocycles. The molecule has 0 radical (unpaired) electrons. The zero-order valence-electron chi connectivity index (χ0n) is 19.5. The number of carbonyl (C=O) groups is 2. The van der Waals surface area contributed by atoms with Crippen LogP contribution in [0.5, 0.6) is 0 Å². The zero-order chi connectivity index (χ0) is 24.5. The molecule has 0 aliphatic heterocycles. The molecule has 0 heterocycles. The molecule has 1 N–H and O–H groups in total. The molecule has 178 valence electrons. The molecule has 6 heteroatoms. The molecule has 4 nitrogen and oxygen atoms in total. The van der Waals surface area contributed by atoms with E-state index in [1.165, 1.54) is 0 Å². The first-order valence-electron chi connectivity index (χ1n) is 11.5. The number of halogens is 2. The van der Waals surface area contributed by atoms with Gasteiger partial charge in [-0.25, -0.2) is 0 Å². The Bertz CT molecular complexity index is 1110. The molecule has 3 aromatic carbocycles. The summed E-state index contributed by atoms with van der Waals surface area (Å²) in [6, 6.07) is 24.3. The highest BCUT2D eigenvalue weighted by Crippen LogP contribution is 2.21. The van der Waals surface area contributed by atoms with E-state index in [4.69, 9.17) is 11.6 Å². The van der Waals surface area contributed by atoms with Crippen molar-refractivity contribution in [3.63, 3.8) is 0 Å². The first kappa shape index (κ1) is 26.0. The van der Waals surface area contributed by atoms with Crippen LogP contribution in [-0.2, 0) is 29.0 Å². The van der Waals surface area contributed by atoms with Crippen molar-refractivity contribution < 1.29 is 9.59 Å². The molecule has 3 rings (SSSR count). The fourth-order valence-corrected chi connectivity index (χ4v) is 4.38. The number of rotatable bonds is 10. The predicted molar refractivity (Wildman–Crippen MR) is 142 cm³/mol. The van der Waals surface area contributed by atoms with Crippen LogP contribution in [0.3, 0.4) is 0 Å². The molecular weight excluding hydrogens is 512 g/mol. The number of hydrogen-bond donors (Lipinski definition) is 1. The molecule has 0 saturated carbocycles. The number of amides is 2. The summed E-state index contributed by atoms with van der Waals surface area (Å²) >= 11 is 9.87. The molecule has 0 aliphatic rings. The minimum atomic E-state index is -0.662. The first-order valence-corrected chi connectivity index (χ1v) is 12.7. The van der Waals surface area contributed by atoms with Crippen molar-refractivity contribution in [3.8, 4) is 0 Å². The van der Waals surface area contributed by atoms with Crippen LogP contribution in [0, 0.1) is 0 Å². The van der Waals surface area contributed by atoms with Gasteiger partial charge in [0, 0.05) is 28.5 Å². The third kappa shape index (κ3) is 7.44. The topological polar surface area (TPSA) is 49.4 Å². The number of carbonyl (C=O) groups excluding carboxylic acids is 2. The van der Waals surface area contributed by atoms with Crippen molar-refractivity contribution in [2.45, 2.75) is 51.7 Å². The van der Waals surface area contributed by atoms with Crippen LogP contribution in [0.15, 0.2) is 83.3 Å². The molecule has 0 fully saturated rings. The first-order chi connectivity index (χ1) is 16.4. The van der Waals surface area contributed by atoms with E-state index < -0.39 is 6.04 Å². The Morgan fingerprint density at radius 3 is 2.32 bits per heavy atom. The van der Waals surface area contributed by atoms with Crippen molar-refractivity contribution >= 4 is 39.3 Å². The molecule has 2 atom stereocenters. The Balaban J connectivity index is 1.98. The molecule has 0 saturated heterocycles. The summed E-state index contributed by atoms with van der Waals surface area (Å²) in [7, 11) is 0. The van der Waals surface area contributed by atoms with Gasteiger partial charge >= 0.3 is 0 Å². The minimum absolute atomic E-state index is 0.0113. The lowest BCUT2D eigenvalue weighted by molar-refractivity contribution is -0.141. The number of hydrogen-bond acceptors (Lipinski definition) is 2. The van der Waals surface area contributed by atoms with Gasteiger partial charge < -0.3 is 10.2 Å². The van der Waals surface area contributed by atoms with Crippen molar-refractivity contribution in [2.24, 2.45) is 0 Å². The van der Waals surface area contributed by atoms with Gasteiger partial charge in [0.2, 0.25) is 11.8 Å². The van der Waals surface area contributed by atoms with Crippen molar-refractivity contribution in [2.75, 3.05) is 0 Å². The lowest BCUT2D eigenvalue weighted by Crippen LogP contribution is -2.52. The highest BCUT2D eigenvalue weighted by Gasteiger charge is 2.31. The highest BCUT2D eigenvalue weighted by atomic mass is 79.9. The fraction of sp³-hybridized carbons (Fsp3) is 0.286. The zero-order valence-corrected chi connectivity index (χ0v) is 21.9. The lowest BCUT2D eigenvalue weighted by atomic mass is 10.0. The second kappa shape index (κ2) is 12.7. The molecule has 0 spiro atoms. The molecule has 0 unspecified atom stereocenters. The van der Waals surface area contributed by atoms with E-state index >= 15 is 0 Å². The maximum atomic E-state index is 13.7. The van der Waals surface area contributed by atoms with Crippen molar-refractivity contribution in [3.05, 3.63) is 105 Å². The van der Waals surface area contributed by atoms with E-state index in [1.807, 2.05) is 86.6 Å². The smallest absolute Gasteiger partial charge is 0.243 e. The Kier molecular flexibility index (Phi) is 9.73. The van der Waals surface area contributed by atoms with Gasteiger partial charge in [0.1, 0.15) is 6.04 Å². The SMILES string of the molecule is CC[C@@H](C)NC(=O)[C@@H](Cc1ccccc1)N(Cc1cccc(Br)c1)C(=O)Cc1ccccc1Cl. The summed E-state index contributed by atoms with van der Waals surface area (Å²) in [5.41, 5.74) is 2.68. The monoisotopic (exact) mass is 540 g/mol. The van der Waals surface area contributed by atoms with Gasteiger partial charge in [-0.15, -0.1) is 0 Å². The Morgan fingerprint density at radius 1 is 0.971 bits per heavy atom. The Hall–Kier alpha value is -2.63. The lowest BCUT2D eigenvalue weighted by Gasteiger charge is -2.32. The number of nitrogens with one attached hydrogen (secondary N) is 1. The van der Waals surface area contributed by atoms with Crippen molar-refractivity contribution in [1.82, 2.24) is 10.2 Å². The normalized spacial score (nSPS) is 12.6. The predicted octanol–water partition coefficient (Wildman–Crippen LogP) is 6.20.